The maximum absolute atomic E-state index is 12.6. The van der Waals surface area contributed by atoms with Gasteiger partial charge in [0.1, 0.15) is 0 Å². The fraction of sp³-hybridized carbons (Fsp3) is 0.250. The van der Waals surface area contributed by atoms with E-state index in [1.807, 2.05) is 31.2 Å². The van der Waals surface area contributed by atoms with Crippen molar-refractivity contribution in [3.63, 3.8) is 0 Å². The highest BCUT2D eigenvalue weighted by Gasteiger charge is 2.26. The quantitative estimate of drug-likeness (QED) is 0.317. The van der Waals surface area contributed by atoms with Gasteiger partial charge in [0.25, 0.3) is 10.1 Å². The van der Waals surface area contributed by atoms with Crippen molar-refractivity contribution in [3.8, 4) is 0 Å². The van der Waals surface area contributed by atoms with E-state index in [9.17, 15) is 16.8 Å². The molecule has 1 aliphatic rings. The molecule has 34 heavy (non-hydrogen) atoms. The molecule has 0 saturated heterocycles. The number of rotatable bonds is 8. The van der Waals surface area contributed by atoms with Crippen LogP contribution in [0.2, 0.25) is 0 Å². The van der Waals surface area contributed by atoms with E-state index in [1.165, 1.54) is 30.2 Å². The average Bonchev–Trinajstić information content (AvgIpc) is 2.80. The molecule has 0 N–H and O–H groups in total. The molecular formula is C24H26N2O5S3. The molecule has 4 rings (SSSR count). The molecule has 0 radical (unpaired) electrons. The topological polar surface area (TPSA) is 84.0 Å². The van der Waals surface area contributed by atoms with Crippen LogP contribution in [0.1, 0.15) is 12.0 Å². The van der Waals surface area contributed by atoms with E-state index in [0.717, 1.165) is 26.7 Å². The summed E-state index contributed by atoms with van der Waals surface area (Å²) < 4.78 is 56.6. The van der Waals surface area contributed by atoms with E-state index in [1.54, 1.807) is 42.5 Å². The normalized spacial score (nSPS) is 13.6. The van der Waals surface area contributed by atoms with Crippen molar-refractivity contribution < 1.29 is 21.0 Å². The van der Waals surface area contributed by atoms with Gasteiger partial charge in [0, 0.05) is 30.4 Å². The molecule has 1 aliphatic heterocycles. The summed E-state index contributed by atoms with van der Waals surface area (Å²) in [5.41, 5.74) is 2.84. The second-order valence-electron chi connectivity index (χ2n) is 8.08. The Kier molecular flexibility index (Phi) is 7.07. The van der Waals surface area contributed by atoms with Gasteiger partial charge in [-0.05, 0) is 55.8 Å². The van der Waals surface area contributed by atoms with Gasteiger partial charge in [-0.15, -0.1) is 0 Å². The van der Waals surface area contributed by atoms with Crippen LogP contribution in [0.5, 0.6) is 0 Å². The third-order valence-corrected chi connectivity index (χ3v) is 9.70. The molecular weight excluding hydrogens is 492 g/mol. The van der Waals surface area contributed by atoms with Crippen LogP contribution in [-0.2, 0) is 24.3 Å². The zero-order valence-corrected chi connectivity index (χ0v) is 21.6. The van der Waals surface area contributed by atoms with E-state index in [0.29, 0.717) is 13.0 Å². The van der Waals surface area contributed by atoms with Gasteiger partial charge in [0.2, 0.25) is 10.0 Å². The number of nitrogens with zero attached hydrogens (tertiary/aromatic N) is 2. The second-order valence-corrected chi connectivity index (χ2v) is 12.9. The molecule has 0 atom stereocenters. The van der Waals surface area contributed by atoms with Crippen LogP contribution in [0.25, 0.3) is 0 Å². The predicted octanol–water partition coefficient (Wildman–Crippen LogP) is 4.64. The zero-order chi connectivity index (χ0) is 24.5. The first kappa shape index (κ1) is 24.7. The van der Waals surface area contributed by atoms with Gasteiger partial charge in [-0.2, -0.15) is 8.42 Å². The summed E-state index contributed by atoms with van der Waals surface area (Å²) >= 11 is 1.52. The Morgan fingerprint density at radius 3 is 2.21 bits per heavy atom. The van der Waals surface area contributed by atoms with Crippen molar-refractivity contribution in [2.24, 2.45) is 0 Å². The molecule has 0 fully saturated rings. The Morgan fingerprint density at radius 1 is 0.853 bits per heavy atom. The summed E-state index contributed by atoms with van der Waals surface area (Å²) in [7, 11) is -4.37. The number of para-hydroxylation sites is 1. The Labute approximate surface area is 205 Å². The van der Waals surface area contributed by atoms with E-state index in [4.69, 9.17) is 4.18 Å². The Balaban J connectivity index is 1.53. The van der Waals surface area contributed by atoms with E-state index >= 15 is 0 Å². The maximum Gasteiger partial charge on any atom is 0.296 e. The molecule has 0 unspecified atom stereocenters. The lowest BCUT2D eigenvalue weighted by molar-refractivity contribution is 0.314. The zero-order valence-electron chi connectivity index (χ0n) is 19.1. The number of sulfonamides is 1. The summed E-state index contributed by atoms with van der Waals surface area (Å²) in [6.07, 6.45) is 0.460. The molecule has 3 aromatic carbocycles. The van der Waals surface area contributed by atoms with Gasteiger partial charge in [0.15, 0.2) is 0 Å². The molecule has 0 aromatic heterocycles. The van der Waals surface area contributed by atoms with E-state index < -0.39 is 20.1 Å². The van der Waals surface area contributed by atoms with Crippen molar-refractivity contribution in [2.45, 2.75) is 32.9 Å². The van der Waals surface area contributed by atoms with Gasteiger partial charge in [-0.1, -0.05) is 41.6 Å². The van der Waals surface area contributed by atoms with Gasteiger partial charge >= 0.3 is 0 Å². The number of aryl methyl sites for hydroxylation is 1. The first-order chi connectivity index (χ1) is 16.1. The molecule has 7 nitrogen and oxygen atoms in total. The van der Waals surface area contributed by atoms with Crippen molar-refractivity contribution in [1.29, 1.82) is 0 Å². The number of benzene rings is 3. The minimum absolute atomic E-state index is 0.0322. The molecule has 0 aliphatic carbocycles. The van der Waals surface area contributed by atoms with Crippen LogP contribution in [0, 0.1) is 6.92 Å². The van der Waals surface area contributed by atoms with Gasteiger partial charge < -0.3 is 4.90 Å². The highest BCUT2D eigenvalue weighted by atomic mass is 32.2. The van der Waals surface area contributed by atoms with E-state index in [-0.39, 0.29) is 16.4 Å². The number of hydrogen-bond donors (Lipinski definition) is 0. The Morgan fingerprint density at radius 2 is 1.50 bits per heavy atom. The lowest BCUT2D eigenvalue weighted by atomic mass is 10.2. The summed E-state index contributed by atoms with van der Waals surface area (Å²) in [5.74, 6) is 0. The van der Waals surface area contributed by atoms with Gasteiger partial charge in [0.05, 0.1) is 27.8 Å². The molecule has 180 valence electrons. The minimum Gasteiger partial charge on any atom is -0.340 e. The second kappa shape index (κ2) is 9.71. The largest absolute Gasteiger partial charge is 0.340 e. The first-order valence-electron chi connectivity index (χ1n) is 10.7. The molecule has 0 saturated carbocycles. The van der Waals surface area contributed by atoms with Crippen LogP contribution >= 0.6 is 11.8 Å². The average molecular weight is 519 g/mol. The first-order valence-corrected chi connectivity index (χ1v) is 14.3. The monoisotopic (exact) mass is 518 g/mol. The fourth-order valence-electron chi connectivity index (χ4n) is 3.59. The lowest BCUT2D eigenvalue weighted by Crippen LogP contribution is -2.25. The number of fused-ring (bicyclic) bond motifs is 2. The third-order valence-electron chi connectivity index (χ3n) is 5.45. The molecule has 0 spiro atoms. The maximum atomic E-state index is 12.6. The highest BCUT2D eigenvalue weighted by Crippen LogP contribution is 2.48. The summed E-state index contributed by atoms with van der Waals surface area (Å²) in [4.78, 5) is 4.28. The van der Waals surface area contributed by atoms with Gasteiger partial charge in [-0.3, -0.25) is 4.18 Å². The van der Waals surface area contributed by atoms with Crippen LogP contribution in [0.15, 0.2) is 86.3 Å². The third kappa shape index (κ3) is 5.01. The summed E-state index contributed by atoms with van der Waals surface area (Å²) in [6.45, 7) is 2.43. The smallest absolute Gasteiger partial charge is 0.296 e. The lowest BCUT2D eigenvalue weighted by Gasteiger charge is -2.33. The van der Waals surface area contributed by atoms with E-state index in [2.05, 4.69) is 4.90 Å². The minimum atomic E-state index is -3.83. The van der Waals surface area contributed by atoms with Crippen LogP contribution in [0.3, 0.4) is 0 Å². The van der Waals surface area contributed by atoms with Crippen LogP contribution in [-0.4, -0.2) is 48.4 Å². The fourth-order valence-corrected chi connectivity index (χ4v) is 6.67. The Hall–Kier alpha value is -2.37. The van der Waals surface area contributed by atoms with Gasteiger partial charge in [-0.25, -0.2) is 12.7 Å². The highest BCUT2D eigenvalue weighted by molar-refractivity contribution is 7.99. The van der Waals surface area contributed by atoms with Crippen LogP contribution < -0.4 is 4.90 Å². The summed E-state index contributed by atoms with van der Waals surface area (Å²) in [6, 6.07) is 19.5. The summed E-state index contributed by atoms with van der Waals surface area (Å²) in [5, 5.41) is 0. The Bertz CT molecular complexity index is 1400. The van der Waals surface area contributed by atoms with Crippen molar-refractivity contribution in [3.05, 3.63) is 72.3 Å². The SMILES string of the molecule is Cc1ccc(S(=O)(=O)OCCCN2c3ccccc3Sc3cc(S(=O)(=O)N(C)C)ccc32)cc1. The molecule has 3 aromatic rings. The standard InChI is InChI=1S/C24H26N2O5S3/c1-18-9-11-19(12-10-18)34(29,30)31-16-6-15-26-21-7-4-5-8-23(21)32-24-17-20(13-14-22(24)26)33(27,28)25(2)3/h4-5,7-14,17H,6,15-16H2,1-3H3. The van der Waals surface area contributed by atoms with Crippen molar-refractivity contribution in [2.75, 3.05) is 32.1 Å². The predicted molar refractivity (Wildman–Crippen MR) is 134 cm³/mol. The van der Waals surface area contributed by atoms with Crippen molar-refractivity contribution >= 4 is 43.3 Å². The number of hydrogen-bond acceptors (Lipinski definition) is 7. The molecule has 1 heterocycles. The molecule has 10 heteroatoms. The molecule has 0 amide bonds. The van der Waals surface area contributed by atoms with Crippen LogP contribution in [0.4, 0.5) is 11.4 Å². The number of anilines is 2. The van der Waals surface area contributed by atoms with Crippen molar-refractivity contribution in [1.82, 2.24) is 4.31 Å². The molecule has 0 bridgehead atoms.